The SMILES string of the molecule is CC1CN(C/C=C/CS)CCCO1. The molecule has 76 valence electrons. The van der Waals surface area contributed by atoms with Gasteiger partial charge in [-0.2, -0.15) is 12.6 Å². The summed E-state index contributed by atoms with van der Waals surface area (Å²) in [5.74, 6) is 0.833. The van der Waals surface area contributed by atoms with Crippen molar-refractivity contribution in [3.63, 3.8) is 0 Å². The summed E-state index contributed by atoms with van der Waals surface area (Å²) in [4.78, 5) is 2.43. The number of thiol groups is 1. The van der Waals surface area contributed by atoms with Crippen molar-refractivity contribution in [3.8, 4) is 0 Å². The number of nitrogens with zero attached hydrogens (tertiary/aromatic N) is 1. The summed E-state index contributed by atoms with van der Waals surface area (Å²) >= 11 is 4.13. The predicted octanol–water partition coefficient (Wildman–Crippen LogP) is 1.58. The van der Waals surface area contributed by atoms with Crippen molar-refractivity contribution in [1.82, 2.24) is 4.90 Å². The number of rotatable bonds is 3. The highest BCUT2D eigenvalue weighted by atomic mass is 32.1. The molecule has 3 heteroatoms. The summed E-state index contributed by atoms with van der Waals surface area (Å²) in [6.45, 7) is 6.29. The van der Waals surface area contributed by atoms with Gasteiger partial charge in [-0.05, 0) is 13.3 Å². The lowest BCUT2D eigenvalue weighted by atomic mass is 10.3. The van der Waals surface area contributed by atoms with Crippen LogP contribution in [0.4, 0.5) is 0 Å². The standard InChI is InChI=1S/C10H19NOS/c1-10-9-11(5-2-3-8-13)6-4-7-12-10/h2-3,10,13H,4-9H2,1H3/b3-2+. The molecule has 1 rings (SSSR count). The molecule has 0 amide bonds. The van der Waals surface area contributed by atoms with E-state index < -0.39 is 0 Å². The third-order valence-electron chi connectivity index (χ3n) is 2.17. The van der Waals surface area contributed by atoms with Gasteiger partial charge in [0.25, 0.3) is 0 Å². The highest BCUT2D eigenvalue weighted by Crippen LogP contribution is 2.04. The second-order valence-electron chi connectivity index (χ2n) is 3.45. The maximum Gasteiger partial charge on any atom is 0.0674 e. The van der Waals surface area contributed by atoms with Crippen LogP contribution in [0.5, 0.6) is 0 Å². The van der Waals surface area contributed by atoms with Crippen molar-refractivity contribution in [3.05, 3.63) is 12.2 Å². The molecule has 0 aliphatic carbocycles. The molecule has 0 spiro atoms. The van der Waals surface area contributed by atoms with Crippen LogP contribution < -0.4 is 0 Å². The molecule has 1 atom stereocenters. The summed E-state index contributed by atoms with van der Waals surface area (Å²) in [5.41, 5.74) is 0. The molecule has 0 radical (unpaired) electrons. The van der Waals surface area contributed by atoms with E-state index in [1.54, 1.807) is 0 Å². The van der Waals surface area contributed by atoms with Gasteiger partial charge in [-0.3, -0.25) is 4.90 Å². The largest absolute Gasteiger partial charge is 0.377 e. The van der Waals surface area contributed by atoms with Gasteiger partial charge in [0.15, 0.2) is 0 Å². The van der Waals surface area contributed by atoms with E-state index in [-0.39, 0.29) is 0 Å². The van der Waals surface area contributed by atoms with E-state index in [4.69, 9.17) is 4.74 Å². The molecule has 0 aromatic rings. The molecule has 13 heavy (non-hydrogen) atoms. The fourth-order valence-corrected chi connectivity index (χ4v) is 1.69. The van der Waals surface area contributed by atoms with E-state index in [1.165, 1.54) is 0 Å². The Morgan fingerprint density at radius 1 is 1.54 bits per heavy atom. The van der Waals surface area contributed by atoms with E-state index in [9.17, 15) is 0 Å². The third kappa shape index (κ3) is 4.69. The maximum atomic E-state index is 5.56. The Kier molecular flexibility index (Phi) is 5.51. The van der Waals surface area contributed by atoms with E-state index in [2.05, 4.69) is 36.6 Å². The van der Waals surface area contributed by atoms with Gasteiger partial charge in [0.1, 0.15) is 0 Å². The van der Waals surface area contributed by atoms with Crippen LogP contribution in [0.3, 0.4) is 0 Å². The normalized spacial score (nSPS) is 26.5. The molecule has 2 nitrogen and oxygen atoms in total. The minimum atomic E-state index is 0.381. The average Bonchev–Trinajstić information content (AvgIpc) is 2.31. The van der Waals surface area contributed by atoms with Crippen LogP contribution in [0, 0.1) is 0 Å². The zero-order chi connectivity index (χ0) is 9.52. The Labute approximate surface area is 86.4 Å². The third-order valence-corrected chi connectivity index (χ3v) is 2.38. The maximum absolute atomic E-state index is 5.56. The number of hydrogen-bond donors (Lipinski definition) is 1. The van der Waals surface area contributed by atoms with Crippen LogP contribution in [0.25, 0.3) is 0 Å². The molecular weight excluding hydrogens is 182 g/mol. The summed E-state index contributed by atoms with van der Waals surface area (Å²) in [6, 6.07) is 0. The minimum Gasteiger partial charge on any atom is -0.377 e. The number of ether oxygens (including phenoxy) is 1. The summed E-state index contributed by atoms with van der Waals surface area (Å²) in [6.07, 6.45) is 5.82. The van der Waals surface area contributed by atoms with Crippen molar-refractivity contribution in [2.75, 3.05) is 32.0 Å². The Hall–Kier alpha value is 0.01000. The summed E-state index contributed by atoms with van der Waals surface area (Å²) in [7, 11) is 0. The molecule has 0 saturated carbocycles. The van der Waals surface area contributed by atoms with Crippen molar-refractivity contribution in [1.29, 1.82) is 0 Å². The van der Waals surface area contributed by atoms with Gasteiger partial charge in [0, 0.05) is 32.0 Å². The molecule has 1 aliphatic rings. The molecular formula is C10H19NOS. The lowest BCUT2D eigenvalue weighted by Gasteiger charge is -2.19. The first-order valence-corrected chi connectivity index (χ1v) is 5.56. The Balaban J connectivity index is 2.26. The van der Waals surface area contributed by atoms with Gasteiger partial charge in [-0.15, -0.1) is 0 Å². The van der Waals surface area contributed by atoms with E-state index >= 15 is 0 Å². The van der Waals surface area contributed by atoms with Crippen molar-refractivity contribution in [2.45, 2.75) is 19.4 Å². The van der Waals surface area contributed by atoms with Crippen LogP contribution in [-0.4, -0.2) is 43.0 Å². The van der Waals surface area contributed by atoms with Gasteiger partial charge in [-0.25, -0.2) is 0 Å². The Morgan fingerprint density at radius 3 is 3.15 bits per heavy atom. The highest BCUT2D eigenvalue weighted by molar-refractivity contribution is 7.80. The van der Waals surface area contributed by atoms with E-state index in [0.29, 0.717) is 6.10 Å². The van der Waals surface area contributed by atoms with Gasteiger partial charge in [-0.1, -0.05) is 12.2 Å². The van der Waals surface area contributed by atoms with Gasteiger partial charge in [0.05, 0.1) is 6.10 Å². The second-order valence-corrected chi connectivity index (χ2v) is 3.81. The van der Waals surface area contributed by atoms with Crippen LogP contribution >= 0.6 is 12.6 Å². The summed E-state index contributed by atoms with van der Waals surface area (Å²) in [5, 5.41) is 0. The predicted molar refractivity (Wildman–Crippen MR) is 59.5 cm³/mol. The minimum absolute atomic E-state index is 0.381. The van der Waals surface area contributed by atoms with Crippen LogP contribution in [-0.2, 0) is 4.74 Å². The first-order valence-electron chi connectivity index (χ1n) is 4.92. The zero-order valence-corrected chi connectivity index (χ0v) is 9.17. The van der Waals surface area contributed by atoms with E-state index in [0.717, 1.165) is 38.4 Å². The molecule has 0 aromatic carbocycles. The topological polar surface area (TPSA) is 12.5 Å². The number of hydrogen-bond acceptors (Lipinski definition) is 3. The fourth-order valence-electron chi connectivity index (χ4n) is 1.54. The highest BCUT2D eigenvalue weighted by Gasteiger charge is 2.12. The average molecular weight is 201 g/mol. The molecule has 0 aromatic heterocycles. The van der Waals surface area contributed by atoms with Crippen molar-refractivity contribution < 1.29 is 4.74 Å². The smallest absolute Gasteiger partial charge is 0.0674 e. The van der Waals surface area contributed by atoms with Crippen molar-refractivity contribution in [2.24, 2.45) is 0 Å². The van der Waals surface area contributed by atoms with Crippen LogP contribution in [0.15, 0.2) is 12.2 Å². The van der Waals surface area contributed by atoms with Crippen molar-refractivity contribution >= 4 is 12.6 Å². The van der Waals surface area contributed by atoms with Gasteiger partial charge < -0.3 is 4.74 Å². The monoisotopic (exact) mass is 201 g/mol. The molecule has 1 saturated heterocycles. The molecule has 1 aliphatic heterocycles. The Bertz CT molecular complexity index is 161. The first-order chi connectivity index (χ1) is 6.33. The molecule has 1 heterocycles. The van der Waals surface area contributed by atoms with Crippen LogP contribution in [0.1, 0.15) is 13.3 Å². The van der Waals surface area contributed by atoms with Crippen LogP contribution in [0.2, 0.25) is 0 Å². The quantitative estimate of drug-likeness (QED) is 0.550. The van der Waals surface area contributed by atoms with Gasteiger partial charge >= 0.3 is 0 Å². The molecule has 0 N–H and O–H groups in total. The summed E-state index contributed by atoms with van der Waals surface area (Å²) < 4.78 is 5.56. The zero-order valence-electron chi connectivity index (χ0n) is 8.28. The van der Waals surface area contributed by atoms with E-state index in [1.807, 2.05) is 0 Å². The second kappa shape index (κ2) is 6.46. The molecule has 0 bridgehead atoms. The first kappa shape index (κ1) is 11.1. The van der Waals surface area contributed by atoms with Gasteiger partial charge in [0.2, 0.25) is 0 Å². The fraction of sp³-hybridized carbons (Fsp3) is 0.800. The lowest BCUT2D eigenvalue weighted by Crippen LogP contribution is -2.30. The molecule has 1 fully saturated rings. The Morgan fingerprint density at radius 2 is 2.38 bits per heavy atom. The molecule has 1 unspecified atom stereocenters. The lowest BCUT2D eigenvalue weighted by molar-refractivity contribution is 0.0692.